The predicted octanol–water partition coefficient (Wildman–Crippen LogP) is 1.90. The number of ether oxygens (including phenoxy) is 1. The molecule has 0 aliphatic heterocycles. The van der Waals surface area contributed by atoms with E-state index in [4.69, 9.17) is 4.74 Å². The zero-order chi connectivity index (χ0) is 18.7. The molecule has 1 N–H and O–H groups in total. The molecule has 0 aliphatic rings. The van der Waals surface area contributed by atoms with Gasteiger partial charge in [-0.1, -0.05) is 0 Å². The third-order valence-corrected chi connectivity index (χ3v) is 3.77. The van der Waals surface area contributed by atoms with Gasteiger partial charge in [-0.15, -0.1) is 0 Å². The van der Waals surface area contributed by atoms with Crippen LogP contribution in [0.25, 0.3) is 5.69 Å². The Morgan fingerprint density at radius 3 is 2.42 bits per heavy atom. The second-order valence-corrected chi connectivity index (χ2v) is 5.58. The molecule has 8 nitrogen and oxygen atoms in total. The highest BCUT2D eigenvalue weighted by Gasteiger charge is 2.17. The van der Waals surface area contributed by atoms with Crippen LogP contribution in [0, 0.1) is 13.8 Å². The highest BCUT2D eigenvalue weighted by atomic mass is 16.5. The summed E-state index contributed by atoms with van der Waals surface area (Å²) in [7, 11) is 1.51. The van der Waals surface area contributed by atoms with E-state index in [1.54, 1.807) is 38.2 Å². The Bertz CT molecular complexity index is 995. The molecule has 0 saturated carbocycles. The molecule has 3 heterocycles. The van der Waals surface area contributed by atoms with Gasteiger partial charge >= 0.3 is 0 Å². The zero-order valence-corrected chi connectivity index (χ0v) is 14.6. The van der Waals surface area contributed by atoms with Crippen LogP contribution in [0.4, 0.5) is 5.69 Å². The summed E-state index contributed by atoms with van der Waals surface area (Å²) < 4.78 is 6.38. The summed E-state index contributed by atoms with van der Waals surface area (Å²) in [5.74, 6) is 0.510. The van der Waals surface area contributed by atoms with Crippen molar-refractivity contribution in [2.24, 2.45) is 0 Å². The number of pyridine rings is 2. The summed E-state index contributed by atoms with van der Waals surface area (Å²) in [6, 6.07) is 5.04. The lowest BCUT2D eigenvalue weighted by atomic mass is 10.1. The van der Waals surface area contributed by atoms with Crippen LogP contribution < -0.4 is 15.6 Å². The maximum Gasteiger partial charge on any atom is 0.268 e. The predicted molar refractivity (Wildman–Crippen MR) is 95.8 cm³/mol. The molecular formula is C18H17N5O3. The van der Waals surface area contributed by atoms with E-state index in [1.165, 1.54) is 30.3 Å². The first kappa shape index (κ1) is 17.3. The number of carbonyl (C=O) groups excluding carboxylic acids is 1. The highest BCUT2D eigenvalue weighted by Crippen LogP contribution is 2.12. The average molecular weight is 351 g/mol. The van der Waals surface area contributed by atoms with Crippen molar-refractivity contribution in [2.75, 3.05) is 12.4 Å². The molecular weight excluding hydrogens is 334 g/mol. The second-order valence-electron chi connectivity index (χ2n) is 5.58. The lowest BCUT2D eigenvalue weighted by Crippen LogP contribution is -2.29. The molecule has 26 heavy (non-hydrogen) atoms. The molecule has 3 rings (SSSR count). The Morgan fingerprint density at radius 1 is 1.08 bits per heavy atom. The molecule has 0 aliphatic carbocycles. The van der Waals surface area contributed by atoms with Crippen molar-refractivity contribution >= 4 is 11.6 Å². The monoisotopic (exact) mass is 351 g/mol. The van der Waals surface area contributed by atoms with Crippen LogP contribution in [-0.4, -0.2) is 32.5 Å². The first-order valence-corrected chi connectivity index (χ1v) is 7.82. The minimum Gasteiger partial charge on any atom is -0.481 e. The molecule has 0 bridgehead atoms. The van der Waals surface area contributed by atoms with Gasteiger partial charge in [-0.05, 0) is 31.5 Å². The number of hydrogen-bond acceptors (Lipinski definition) is 6. The third kappa shape index (κ3) is 3.44. The van der Waals surface area contributed by atoms with Gasteiger partial charge in [-0.2, -0.15) is 0 Å². The van der Waals surface area contributed by atoms with Crippen LogP contribution in [0.3, 0.4) is 0 Å². The van der Waals surface area contributed by atoms with Crippen molar-refractivity contribution in [1.82, 2.24) is 19.5 Å². The van der Waals surface area contributed by atoms with Gasteiger partial charge in [0, 0.05) is 12.3 Å². The SMILES string of the molecule is COc1ccc(-n2ccc(C)c(C(=O)Nc3cnc(C)nc3)c2=O)cn1. The molecule has 0 aromatic carbocycles. The standard InChI is InChI=1S/C18H17N5O3/c1-11-6-7-23(14-4-5-15(26-3)21-10-14)18(25)16(11)17(24)22-13-8-19-12(2)20-9-13/h4-10H,1-3H3,(H,22,24). The lowest BCUT2D eigenvalue weighted by molar-refractivity contribution is 0.102. The molecule has 3 aromatic heterocycles. The van der Waals surface area contributed by atoms with Crippen LogP contribution in [0.1, 0.15) is 21.7 Å². The molecule has 132 valence electrons. The van der Waals surface area contributed by atoms with Crippen molar-refractivity contribution in [3.63, 3.8) is 0 Å². The molecule has 0 fully saturated rings. The first-order valence-electron chi connectivity index (χ1n) is 7.82. The topological polar surface area (TPSA) is 99.0 Å². The van der Waals surface area contributed by atoms with Crippen molar-refractivity contribution in [1.29, 1.82) is 0 Å². The van der Waals surface area contributed by atoms with E-state index in [0.29, 0.717) is 28.6 Å². The molecule has 1 amide bonds. The number of anilines is 1. The smallest absolute Gasteiger partial charge is 0.268 e. The van der Waals surface area contributed by atoms with Crippen LogP contribution in [0.5, 0.6) is 5.88 Å². The summed E-state index contributed by atoms with van der Waals surface area (Å²) in [4.78, 5) is 37.6. The van der Waals surface area contributed by atoms with Gasteiger partial charge in [0.2, 0.25) is 5.88 Å². The fourth-order valence-electron chi connectivity index (χ4n) is 2.39. The van der Waals surface area contributed by atoms with E-state index >= 15 is 0 Å². The fraction of sp³-hybridized carbons (Fsp3) is 0.167. The molecule has 8 heteroatoms. The minimum absolute atomic E-state index is 0.0453. The van der Waals surface area contributed by atoms with Crippen LogP contribution >= 0.6 is 0 Å². The lowest BCUT2D eigenvalue weighted by Gasteiger charge is -2.11. The molecule has 0 unspecified atom stereocenters. The van der Waals surface area contributed by atoms with Gasteiger partial charge in [0.15, 0.2) is 0 Å². The van der Waals surface area contributed by atoms with E-state index in [1.807, 2.05) is 0 Å². The van der Waals surface area contributed by atoms with Gasteiger partial charge < -0.3 is 10.1 Å². The average Bonchev–Trinajstić information content (AvgIpc) is 2.64. The normalized spacial score (nSPS) is 10.4. The second kappa shape index (κ2) is 7.14. The van der Waals surface area contributed by atoms with Crippen LogP contribution in [-0.2, 0) is 0 Å². The van der Waals surface area contributed by atoms with Crippen molar-refractivity contribution in [2.45, 2.75) is 13.8 Å². The van der Waals surface area contributed by atoms with Gasteiger partial charge in [-0.3, -0.25) is 14.2 Å². The van der Waals surface area contributed by atoms with Gasteiger partial charge in [-0.25, -0.2) is 15.0 Å². The highest BCUT2D eigenvalue weighted by molar-refractivity contribution is 6.04. The Labute approximate surface area is 149 Å². The zero-order valence-electron chi connectivity index (χ0n) is 14.6. The fourth-order valence-corrected chi connectivity index (χ4v) is 2.39. The number of nitrogens with one attached hydrogen (secondary N) is 1. The van der Waals surface area contributed by atoms with E-state index in [9.17, 15) is 9.59 Å². The van der Waals surface area contributed by atoms with Gasteiger partial charge in [0.25, 0.3) is 11.5 Å². The summed E-state index contributed by atoms with van der Waals surface area (Å²) in [6.07, 6.45) is 6.09. The van der Waals surface area contributed by atoms with Gasteiger partial charge in [0.1, 0.15) is 11.4 Å². The Hall–Kier alpha value is -3.55. The van der Waals surface area contributed by atoms with E-state index in [0.717, 1.165) is 0 Å². The Kier molecular flexibility index (Phi) is 4.74. The van der Waals surface area contributed by atoms with E-state index in [2.05, 4.69) is 20.3 Å². The number of carbonyl (C=O) groups is 1. The summed E-state index contributed by atoms with van der Waals surface area (Å²) >= 11 is 0. The van der Waals surface area contributed by atoms with Crippen LogP contribution in [0.2, 0.25) is 0 Å². The van der Waals surface area contributed by atoms with Crippen molar-refractivity contribution in [3.05, 3.63) is 70.3 Å². The maximum absolute atomic E-state index is 12.8. The maximum atomic E-state index is 12.8. The van der Waals surface area contributed by atoms with Crippen molar-refractivity contribution < 1.29 is 9.53 Å². The molecule has 0 saturated heterocycles. The summed E-state index contributed by atoms with van der Waals surface area (Å²) in [5, 5.41) is 2.65. The van der Waals surface area contributed by atoms with Crippen molar-refractivity contribution in [3.8, 4) is 11.6 Å². The number of nitrogens with zero attached hydrogens (tertiary/aromatic N) is 4. The Morgan fingerprint density at radius 2 is 1.81 bits per heavy atom. The van der Waals surface area contributed by atoms with Crippen LogP contribution in [0.15, 0.2) is 47.8 Å². The Balaban J connectivity index is 1.97. The number of rotatable bonds is 4. The molecule has 0 radical (unpaired) electrons. The first-order chi connectivity index (χ1) is 12.5. The van der Waals surface area contributed by atoms with E-state index in [-0.39, 0.29) is 5.56 Å². The summed E-state index contributed by atoms with van der Waals surface area (Å²) in [6.45, 7) is 3.45. The number of aryl methyl sites for hydroxylation is 2. The minimum atomic E-state index is -0.518. The molecule has 3 aromatic rings. The van der Waals surface area contributed by atoms with Gasteiger partial charge in [0.05, 0.1) is 37.1 Å². The number of aromatic nitrogens is 4. The summed E-state index contributed by atoms with van der Waals surface area (Å²) in [5.41, 5.74) is 1.12. The number of methoxy groups -OCH3 is 1. The molecule has 0 spiro atoms. The number of hydrogen-bond donors (Lipinski definition) is 1. The quantitative estimate of drug-likeness (QED) is 0.771. The molecule has 0 atom stereocenters. The largest absolute Gasteiger partial charge is 0.481 e. The third-order valence-electron chi connectivity index (χ3n) is 3.77. The van der Waals surface area contributed by atoms with E-state index < -0.39 is 11.5 Å². The number of amides is 1.